The third-order valence-corrected chi connectivity index (χ3v) is 5.78. The van der Waals surface area contributed by atoms with E-state index in [0.29, 0.717) is 34.2 Å². The molecule has 0 saturated heterocycles. The zero-order chi connectivity index (χ0) is 23.7. The Kier molecular flexibility index (Phi) is 5.51. The number of carbonyl (C=O) groups is 1. The van der Waals surface area contributed by atoms with E-state index in [9.17, 15) is 19.7 Å². The van der Waals surface area contributed by atoms with Crippen molar-refractivity contribution >= 4 is 45.4 Å². The van der Waals surface area contributed by atoms with Crippen LogP contribution in [0, 0.1) is 10.1 Å². The normalized spacial score (nSPS) is 11.2. The van der Waals surface area contributed by atoms with Gasteiger partial charge >= 0.3 is 0 Å². The fourth-order valence-corrected chi connectivity index (χ4v) is 4.06. The van der Waals surface area contributed by atoms with Gasteiger partial charge in [0.1, 0.15) is 22.7 Å². The van der Waals surface area contributed by atoms with Gasteiger partial charge in [-0.05, 0) is 23.8 Å². The molecule has 0 spiro atoms. The van der Waals surface area contributed by atoms with Crippen molar-refractivity contribution in [1.82, 2.24) is 33.4 Å². The molecule has 0 aliphatic rings. The summed E-state index contributed by atoms with van der Waals surface area (Å²) in [6.07, 6.45) is 2.82. The molecule has 5 aromatic rings. The first-order valence-electron chi connectivity index (χ1n) is 10.1. The van der Waals surface area contributed by atoms with Crippen LogP contribution in [-0.4, -0.2) is 45.5 Å². The molecule has 1 amide bonds. The van der Waals surface area contributed by atoms with Crippen LogP contribution in [0.2, 0.25) is 0 Å². The van der Waals surface area contributed by atoms with Gasteiger partial charge in [-0.15, -0.1) is 0 Å². The number of aromatic nitrogens is 6. The fourth-order valence-electron chi connectivity index (χ4n) is 3.54. The Morgan fingerprint density at radius 3 is 2.85 bits per heavy atom. The molecule has 1 N–H and O–H groups in total. The Morgan fingerprint density at radius 2 is 2.00 bits per heavy atom. The molecule has 0 bridgehead atoms. The number of hydrogen-bond acceptors (Lipinski definition) is 9. The highest BCUT2D eigenvalue weighted by Crippen LogP contribution is 2.15. The van der Waals surface area contributed by atoms with E-state index in [4.69, 9.17) is 0 Å². The van der Waals surface area contributed by atoms with Crippen molar-refractivity contribution in [2.45, 2.75) is 13.1 Å². The number of nitrogens with zero attached hydrogens (tertiary/aromatic N) is 7. The van der Waals surface area contributed by atoms with E-state index >= 15 is 0 Å². The van der Waals surface area contributed by atoms with Gasteiger partial charge in [-0.1, -0.05) is 12.1 Å². The summed E-state index contributed by atoms with van der Waals surface area (Å²) in [5.41, 5.74) is 2.54. The minimum absolute atomic E-state index is 0.0439. The molecule has 0 aliphatic heterocycles. The molecule has 3 heterocycles. The number of carbonyl (C=O) groups excluding carboxylic acids is 1. The number of hydrogen-bond donors (Lipinski definition) is 1. The van der Waals surface area contributed by atoms with Gasteiger partial charge < -0.3 is 5.32 Å². The van der Waals surface area contributed by atoms with Crippen molar-refractivity contribution in [3.63, 3.8) is 0 Å². The minimum Gasteiger partial charge on any atom is -0.350 e. The van der Waals surface area contributed by atoms with Gasteiger partial charge in [-0.3, -0.25) is 24.3 Å². The maximum Gasteiger partial charge on any atom is 0.269 e. The fraction of sp³-hybridized carbons (Fsp3) is 0.143. The quantitative estimate of drug-likeness (QED) is 0.277. The molecule has 13 heteroatoms. The lowest BCUT2D eigenvalue weighted by Gasteiger charge is -2.08. The smallest absolute Gasteiger partial charge is 0.269 e. The van der Waals surface area contributed by atoms with Crippen molar-refractivity contribution in [2.75, 3.05) is 6.54 Å². The van der Waals surface area contributed by atoms with Gasteiger partial charge in [-0.25, -0.2) is 9.67 Å². The van der Waals surface area contributed by atoms with Crippen molar-refractivity contribution in [1.29, 1.82) is 0 Å². The number of nitro benzene ring substituents is 1. The van der Waals surface area contributed by atoms with Crippen molar-refractivity contribution in [3.8, 4) is 0 Å². The lowest BCUT2D eigenvalue weighted by atomic mass is 10.2. The summed E-state index contributed by atoms with van der Waals surface area (Å²) in [7, 11) is 0. The maximum absolute atomic E-state index is 12.9. The molecule has 2 aromatic carbocycles. The monoisotopic (exact) mass is 476 g/mol. The zero-order valence-electron chi connectivity index (χ0n) is 17.5. The van der Waals surface area contributed by atoms with Crippen LogP contribution in [0.5, 0.6) is 0 Å². The molecule has 3 aromatic heterocycles. The summed E-state index contributed by atoms with van der Waals surface area (Å²) >= 11 is 1.09. The first-order valence-corrected chi connectivity index (χ1v) is 10.9. The van der Waals surface area contributed by atoms with Crippen LogP contribution < -0.4 is 10.9 Å². The Morgan fingerprint density at radius 1 is 1.15 bits per heavy atom. The zero-order valence-corrected chi connectivity index (χ0v) is 18.3. The average Bonchev–Trinajstić information content (AvgIpc) is 3.48. The molecular formula is C21H16N8O4S. The predicted octanol–water partition coefficient (Wildman–Crippen LogP) is 1.98. The molecule has 34 heavy (non-hydrogen) atoms. The number of non-ortho nitro benzene ring substituents is 1. The van der Waals surface area contributed by atoms with Crippen LogP contribution in [0.1, 0.15) is 15.9 Å². The second-order valence-electron chi connectivity index (χ2n) is 7.43. The summed E-state index contributed by atoms with van der Waals surface area (Å²) in [5, 5.41) is 18.4. The van der Waals surface area contributed by atoms with Crippen molar-refractivity contribution in [3.05, 3.63) is 86.6 Å². The standard InChI is InChI=1S/C21H16N8O4S/c30-20(14-4-5-17-18(9-14)26-34-25-17)22-6-7-28-19-16(10-24-28)21(31)27(12-23-19)11-13-2-1-3-15(8-13)29(32)33/h1-5,8-10,12H,6-7,11H2,(H,22,30). The van der Waals surface area contributed by atoms with Crippen LogP contribution >= 0.6 is 11.7 Å². The number of nitro groups is 1. The van der Waals surface area contributed by atoms with Crippen LogP contribution in [0.4, 0.5) is 5.69 Å². The molecule has 0 aliphatic carbocycles. The second kappa shape index (κ2) is 8.78. The van der Waals surface area contributed by atoms with E-state index in [1.54, 1.807) is 35.0 Å². The number of rotatable bonds is 7. The Hall–Kier alpha value is -4.52. The third kappa shape index (κ3) is 4.11. The summed E-state index contributed by atoms with van der Waals surface area (Å²) in [4.78, 5) is 40.2. The molecule has 0 atom stereocenters. The van der Waals surface area contributed by atoms with E-state index in [-0.39, 0.29) is 30.2 Å². The average molecular weight is 476 g/mol. The minimum atomic E-state index is -0.481. The summed E-state index contributed by atoms with van der Waals surface area (Å²) in [5.74, 6) is -0.251. The Labute approximate surface area is 195 Å². The van der Waals surface area contributed by atoms with Gasteiger partial charge in [0, 0.05) is 24.2 Å². The Bertz CT molecular complexity index is 1610. The van der Waals surface area contributed by atoms with E-state index in [1.165, 1.54) is 29.2 Å². The first-order chi connectivity index (χ1) is 16.5. The SMILES string of the molecule is O=C(NCCn1ncc2c(=O)n(Cc3cccc([N+](=O)[O-])c3)cnc21)c1ccc2nsnc2c1. The van der Waals surface area contributed by atoms with Crippen LogP contribution in [0.3, 0.4) is 0 Å². The summed E-state index contributed by atoms with van der Waals surface area (Å²) in [6.45, 7) is 0.738. The van der Waals surface area contributed by atoms with Gasteiger partial charge in [0.05, 0.1) is 35.9 Å². The molecule has 12 nitrogen and oxygen atoms in total. The molecule has 0 fully saturated rings. The number of amides is 1. The third-order valence-electron chi connectivity index (χ3n) is 5.22. The van der Waals surface area contributed by atoms with Crippen LogP contribution in [-0.2, 0) is 13.1 Å². The van der Waals surface area contributed by atoms with Crippen molar-refractivity contribution < 1.29 is 9.72 Å². The molecule has 0 saturated carbocycles. The highest BCUT2D eigenvalue weighted by molar-refractivity contribution is 7.00. The first kappa shape index (κ1) is 21.3. The van der Waals surface area contributed by atoms with E-state index in [2.05, 4.69) is 24.1 Å². The number of fused-ring (bicyclic) bond motifs is 2. The maximum atomic E-state index is 12.9. The second-order valence-corrected chi connectivity index (χ2v) is 7.96. The van der Waals surface area contributed by atoms with Gasteiger partial charge in [0.25, 0.3) is 17.2 Å². The van der Waals surface area contributed by atoms with E-state index in [0.717, 1.165) is 17.2 Å². The molecule has 170 valence electrons. The van der Waals surface area contributed by atoms with Gasteiger partial charge in [0.2, 0.25) is 0 Å². The highest BCUT2D eigenvalue weighted by atomic mass is 32.1. The summed E-state index contributed by atoms with van der Waals surface area (Å²) in [6, 6.07) is 11.2. The molecule has 0 radical (unpaired) electrons. The lowest BCUT2D eigenvalue weighted by molar-refractivity contribution is -0.384. The Balaban J connectivity index is 1.28. The van der Waals surface area contributed by atoms with Crippen molar-refractivity contribution in [2.24, 2.45) is 0 Å². The predicted molar refractivity (Wildman–Crippen MR) is 124 cm³/mol. The van der Waals surface area contributed by atoms with E-state index < -0.39 is 4.92 Å². The summed E-state index contributed by atoms with van der Waals surface area (Å²) < 4.78 is 11.2. The number of benzene rings is 2. The van der Waals surface area contributed by atoms with Crippen LogP contribution in [0.15, 0.2) is 59.8 Å². The molecule has 5 rings (SSSR count). The van der Waals surface area contributed by atoms with Gasteiger partial charge in [0.15, 0.2) is 5.65 Å². The largest absolute Gasteiger partial charge is 0.350 e. The van der Waals surface area contributed by atoms with E-state index in [1.807, 2.05) is 0 Å². The lowest BCUT2D eigenvalue weighted by Crippen LogP contribution is -2.27. The van der Waals surface area contributed by atoms with Gasteiger partial charge in [-0.2, -0.15) is 13.8 Å². The van der Waals surface area contributed by atoms with Crippen LogP contribution in [0.25, 0.3) is 22.1 Å². The topological polar surface area (TPSA) is 151 Å². The highest BCUT2D eigenvalue weighted by Gasteiger charge is 2.13. The molecular weight excluding hydrogens is 460 g/mol. The number of nitrogens with one attached hydrogen (secondary N) is 1. The molecule has 0 unspecified atom stereocenters.